The van der Waals surface area contributed by atoms with E-state index in [9.17, 15) is 14.7 Å². The predicted molar refractivity (Wildman–Crippen MR) is 58.6 cm³/mol. The topological polar surface area (TPSA) is 77.8 Å². The first kappa shape index (κ1) is 14.8. The SMILES string of the molecule is C[C@@H](O)[C@@H]1C(=O)N2C(C(=O)O)=C(S)[C@H](C)[C@@H]12.[Ag]. The van der Waals surface area contributed by atoms with Gasteiger partial charge in [-0.3, -0.25) is 4.79 Å². The smallest absolute Gasteiger partial charge is 0.353 e. The summed E-state index contributed by atoms with van der Waals surface area (Å²) in [6, 6.07) is -0.258. The Hall–Kier alpha value is -0.270. The third kappa shape index (κ3) is 1.88. The van der Waals surface area contributed by atoms with Gasteiger partial charge in [0, 0.05) is 33.2 Å². The second-order valence-corrected chi connectivity index (χ2v) is 4.77. The fourth-order valence-electron chi connectivity index (χ4n) is 2.53. The van der Waals surface area contributed by atoms with Crippen molar-refractivity contribution in [1.29, 1.82) is 0 Å². The van der Waals surface area contributed by atoms with Crippen LogP contribution in [0.4, 0.5) is 0 Å². The zero-order valence-electron chi connectivity index (χ0n) is 9.22. The minimum absolute atomic E-state index is 0. The van der Waals surface area contributed by atoms with Crippen molar-refractivity contribution in [2.45, 2.75) is 26.0 Å². The Morgan fingerprint density at radius 2 is 2.06 bits per heavy atom. The van der Waals surface area contributed by atoms with E-state index in [0.29, 0.717) is 4.91 Å². The van der Waals surface area contributed by atoms with Gasteiger partial charge in [0.15, 0.2) is 0 Å². The summed E-state index contributed by atoms with van der Waals surface area (Å²) in [7, 11) is 0. The summed E-state index contributed by atoms with van der Waals surface area (Å²) in [5, 5.41) is 18.5. The van der Waals surface area contributed by atoms with E-state index in [1.165, 1.54) is 4.90 Å². The molecule has 0 unspecified atom stereocenters. The molecule has 0 aromatic carbocycles. The number of carbonyl (C=O) groups excluding carboxylic acids is 1. The van der Waals surface area contributed by atoms with Gasteiger partial charge in [0.25, 0.3) is 0 Å². The molecule has 1 amide bonds. The molecular weight excluding hydrogens is 338 g/mol. The molecule has 0 spiro atoms. The van der Waals surface area contributed by atoms with E-state index in [1.807, 2.05) is 6.92 Å². The van der Waals surface area contributed by atoms with Crippen molar-refractivity contribution in [2.24, 2.45) is 11.8 Å². The van der Waals surface area contributed by atoms with Crippen LogP contribution in [0.25, 0.3) is 0 Å². The van der Waals surface area contributed by atoms with Gasteiger partial charge in [-0.25, -0.2) is 4.79 Å². The standard InChI is InChI=1S/C10H13NO4S.Ag/c1-3-6-5(4(2)12)9(13)11(6)7(8(3)16)10(14)15;/h3-6,12,16H,1-2H3,(H,14,15);/t3-,4-,5+,6+;/m1./s1. The minimum Gasteiger partial charge on any atom is -0.477 e. The summed E-state index contributed by atoms with van der Waals surface area (Å²) in [6.45, 7) is 3.36. The number of nitrogens with zero attached hydrogens (tertiary/aromatic N) is 1. The van der Waals surface area contributed by atoms with E-state index in [-0.39, 0.29) is 45.9 Å². The summed E-state index contributed by atoms with van der Waals surface area (Å²) in [6.07, 6.45) is -0.759. The third-order valence-electron chi connectivity index (χ3n) is 3.34. The quantitative estimate of drug-likeness (QED) is 0.374. The fourth-order valence-corrected chi connectivity index (χ4v) is 2.89. The maximum absolute atomic E-state index is 11.7. The van der Waals surface area contributed by atoms with Gasteiger partial charge in [-0.05, 0) is 6.92 Å². The number of carboxylic acids is 1. The van der Waals surface area contributed by atoms with Gasteiger partial charge in [0.2, 0.25) is 5.91 Å². The number of aliphatic hydroxyl groups is 1. The van der Waals surface area contributed by atoms with E-state index in [0.717, 1.165) is 0 Å². The first-order valence-electron chi connectivity index (χ1n) is 5.05. The van der Waals surface area contributed by atoms with Gasteiger partial charge in [-0.2, -0.15) is 0 Å². The van der Waals surface area contributed by atoms with E-state index < -0.39 is 18.0 Å². The molecule has 0 saturated carbocycles. The number of rotatable bonds is 2. The van der Waals surface area contributed by atoms with E-state index >= 15 is 0 Å². The number of hydrogen-bond acceptors (Lipinski definition) is 4. The number of fused-ring (bicyclic) bond motifs is 1. The molecule has 0 aromatic heterocycles. The van der Waals surface area contributed by atoms with Crippen LogP contribution in [0.1, 0.15) is 13.8 Å². The summed E-state index contributed by atoms with van der Waals surface area (Å²) in [5.41, 5.74) is -0.0391. The molecule has 1 fully saturated rings. The summed E-state index contributed by atoms with van der Waals surface area (Å²) >= 11 is 4.15. The predicted octanol–water partition coefficient (Wildman–Crippen LogP) is 0.0674. The molecule has 99 valence electrons. The van der Waals surface area contributed by atoms with Crippen molar-refractivity contribution in [1.82, 2.24) is 4.90 Å². The molecule has 4 atom stereocenters. The van der Waals surface area contributed by atoms with E-state index in [2.05, 4.69) is 12.6 Å². The maximum Gasteiger partial charge on any atom is 0.353 e. The number of aliphatic carboxylic acids is 1. The van der Waals surface area contributed by atoms with Gasteiger partial charge < -0.3 is 15.1 Å². The number of carbonyl (C=O) groups is 2. The van der Waals surface area contributed by atoms with Gasteiger partial charge in [-0.15, -0.1) is 12.6 Å². The first-order valence-corrected chi connectivity index (χ1v) is 5.50. The Balaban J connectivity index is 0.00000144. The van der Waals surface area contributed by atoms with E-state index in [4.69, 9.17) is 5.11 Å². The van der Waals surface area contributed by atoms with Crippen LogP contribution in [0.15, 0.2) is 10.6 Å². The maximum atomic E-state index is 11.7. The van der Waals surface area contributed by atoms with Gasteiger partial charge in [-0.1, -0.05) is 6.92 Å². The van der Waals surface area contributed by atoms with Crippen molar-refractivity contribution in [3.63, 3.8) is 0 Å². The molecular formula is C10H13AgNO4S. The molecule has 2 rings (SSSR count). The normalized spacial score (nSPS) is 32.8. The Labute approximate surface area is 120 Å². The Morgan fingerprint density at radius 3 is 2.47 bits per heavy atom. The molecule has 5 nitrogen and oxygen atoms in total. The minimum atomic E-state index is -1.14. The Bertz CT molecular complexity index is 409. The van der Waals surface area contributed by atoms with Crippen molar-refractivity contribution >= 4 is 24.5 Å². The average molecular weight is 351 g/mol. The van der Waals surface area contributed by atoms with Crippen LogP contribution in [0, 0.1) is 11.8 Å². The molecule has 1 radical (unpaired) electrons. The van der Waals surface area contributed by atoms with Crippen LogP contribution in [0.3, 0.4) is 0 Å². The van der Waals surface area contributed by atoms with Crippen molar-refractivity contribution in [2.75, 3.05) is 0 Å². The number of aliphatic hydroxyl groups excluding tert-OH is 1. The molecule has 2 aliphatic heterocycles. The molecule has 0 aromatic rings. The Morgan fingerprint density at radius 1 is 1.53 bits per heavy atom. The van der Waals surface area contributed by atoms with Crippen molar-refractivity contribution < 1.29 is 42.2 Å². The molecule has 2 heterocycles. The van der Waals surface area contributed by atoms with Gasteiger partial charge in [0.05, 0.1) is 18.1 Å². The second kappa shape index (κ2) is 4.78. The number of hydrogen-bond donors (Lipinski definition) is 3. The average Bonchev–Trinajstić information content (AvgIpc) is 2.38. The molecule has 2 N–H and O–H groups in total. The first-order chi connectivity index (χ1) is 7.37. The van der Waals surface area contributed by atoms with Crippen molar-refractivity contribution in [3.05, 3.63) is 10.6 Å². The molecule has 7 heteroatoms. The van der Waals surface area contributed by atoms with E-state index in [1.54, 1.807) is 6.92 Å². The van der Waals surface area contributed by atoms with Gasteiger partial charge in [0.1, 0.15) is 5.70 Å². The number of carboxylic acid groups (broad SMARTS) is 1. The van der Waals surface area contributed by atoms with Gasteiger partial charge >= 0.3 is 5.97 Å². The molecule has 0 aliphatic carbocycles. The van der Waals surface area contributed by atoms with Crippen LogP contribution in [-0.4, -0.2) is 39.1 Å². The van der Waals surface area contributed by atoms with Crippen molar-refractivity contribution in [3.8, 4) is 0 Å². The Kier molecular flexibility index (Phi) is 4.16. The van der Waals surface area contributed by atoms with Crippen LogP contribution in [0.5, 0.6) is 0 Å². The third-order valence-corrected chi connectivity index (χ3v) is 3.96. The zero-order valence-corrected chi connectivity index (χ0v) is 11.6. The summed E-state index contributed by atoms with van der Waals surface area (Å²) in [4.78, 5) is 24.4. The number of thiol groups is 1. The zero-order chi connectivity index (χ0) is 12.2. The molecule has 17 heavy (non-hydrogen) atoms. The number of amides is 1. The molecule has 2 aliphatic rings. The number of β-lactam (4-membered cyclic amide) rings is 1. The second-order valence-electron chi connectivity index (χ2n) is 4.29. The largest absolute Gasteiger partial charge is 0.477 e. The fraction of sp³-hybridized carbons (Fsp3) is 0.600. The molecule has 1 saturated heterocycles. The van der Waals surface area contributed by atoms with Crippen LogP contribution < -0.4 is 0 Å². The summed E-state index contributed by atoms with van der Waals surface area (Å²) < 4.78 is 0. The monoisotopic (exact) mass is 350 g/mol. The van der Waals surface area contributed by atoms with Crippen LogP contribution in [-0.2, 0) is 32.0 Å². The summed E-state index contributed by atoms with van der Waals surface area (Å²) in [5.74, 6) is -2.11. The molecule has 0 bridgehead atoms. The van der Waals surface area contributed by atoms with Crippen LogP contribution >= 0.6 is 12.6 Å². The van der Waals surface area contributed by atoms with Crippen LogP contribution in [0.2, 0.25) is 0 Å².